The molecular formula is C21H20O3. The van der Waals surface area contributed by atoms with Gasteiger partial charge in [0, 0.05) is 6.07 Å². The zero-order valence-electron chi connectivity index (χ0n) is 13.4. The van der Waals surface area contributed by atoms with E-state index in [1.54, 1.807) is 12.1 Å². The molecule has 0 heterocycles. The van der Waals surface area contributed by atoms with E-state index in [2.05, 4.69) is 0 Å². The predicted octanol–water partition coefficient (Wildman–Crippen LogP) is 4.69. The van der Waals surface area contributed by atoms with Gasteiger partial charge in [-0.15, -0.1) is 0 Å². The van der Waals surface area contributed by atoms with Crippen LogP contribution in [0.2, 0.25) is 0 Å². The second kappa shape index (κ2) is 8.18. The first-order valence-corrected chi connectivity index (χ1v) is 7.91. The molecule has 0 aliphatic heterocycles. The van der Waals surface area contributed by atoms with Crippen molar-refractivity contribution in [3.05, 3.63) is 95.6 Å². The fourth-order valence-electron chi connectivity index (χ4n) is 2.41. The van der Waals surface area contributed by atoms with Gasteiger partial charge in [0.05, 0.1) is 13.2 Å². The van der Waals surface area contributed by atoms with Crippen molar-refractivity contribution >= 4 is 0 Å². The van der Waals surface area contributed by atoms with Gasteiger partial charge >= 0.3 is 0 Å². The third kappa shape index (κ3) is 4.86. The molecule has 0 aliphatic rings. The highest BCUT2D eigenvalue weighted by atomic mass is 16.5. The van der Waals surface area contributed by atoms with Gasteiger partial charge in [-0.2, -0.15) is 0 Å². The van der Waals surface area contributed by atoms with Crippen LogP contribution in [-0.4, -0.2) is 5.11 Å². The Balaban J connectivity index is 1.57. The maximum atomic E-state index is 9.87. The average Bonchev–Trinajstić information content (AvgIpc) is 2.61. The molecule has 0 spiro atoms. The number of phenols is 1. The van der Waals surface area contributed by atoms with Crippen molar-refractivity contribution in [3.8, 4) is 11.5 Å². The van der Waals surface area contributed by atoms with Crippen LogP contribution in [0.5, 0.6) is 11.5 Å². The van der Waals surface area contributed by atoms with Crippen LogP contribution in [0, 0.1) is 0 Å². The van der Waals surface area contributed by atoms with Crippen molar-refractivity contribution in [3.63, 3.8) is 0 Å². The molecule has 0 bridgehead atoms. The van der Waals surface area contributed by atoms with E-state index >= 15 is 0 Å². The molecule has 122 valence electrons. The lowest BCUT2D eigenvalue weighted by atomic mass is 10.2. The van der Waals surface area contributed by atoms with Gasteiger partial charge in [0.25, 0.3) is 0 Å². The van der Waals surface area contributed by atoms with Gasteiger partial charge in [-0.3, -0.25) is 0 Å². The SMILES string of the molecule is Oc1cc(COCc2ccccc2)cc(OCc2ccccc2)c1. The number of benzene rings is 3. The van der Waals surface area contributed by atoms with Gasteiger partial charge in [0.1, 0.15) is 18.1 Å². The van der Waals surface area contributed by atoms with E-state index in [1.807, 2.05) is 66.7 Å². The second-order valence-electron chi connectivity index (χ2n) is 5.59. The van der Waals surface area contributed by atoms with Gasteiger partial charge in [-0.25, -0.2) is 0 Å². The predicted molar refractivity (Wildman–Crippen MR) is 93.8 cm³/mol. The minimum absolute atomic E-state index is 0.180. The Kier molecular flexibility index (Phi) is 5.48. The average molecular weight is 320 g/mol. The van der Waals surface area contributed by atoms with Crippen molar-refractivity contribution in [1.29, 1.82) is 0 Å². The van der Waals surface area contributed by atoms with Crippen molar-refractivity contribution in [2.75, 3.05) is 0 Å². The van der Waals surface area contributed by atoms with Crippen molar-refractivity contribution in [1.82, 2.24) is 0 Å². The van der Waals surface area contributed by atoms with E-state index in [0.29, 0.717) is 25.6 Å². The Bertz CT molecular complexity index is 755. The number of hydrogen-bond acceptors (Lipinski definition) is 3. The van der Waals surface area contributed by atoms with Crippen LogP contribution in [0.15, 0.2) is 78.9 Å². The number of phenolic OH excluding ortho intramolecular Hbond substituents is 1. The molecule has 0 atom stereocenters. The number of hydrogen-bond donors (Lipinski definition) is 1. The standard InChI is InChI=1S/C21H20O3/c22-20-11-19(15-23-14-17-7-3-1-4-8-17)12-21(13-20)24-16-18-9-5-2-6-10-18/h1-13,22H,14-16H2. The fraction of sp³-hybridized carbons (Fsp3) is 0.143. The Morgan fingerprint density at radius 1 is 0.625 bits per heavy atom. The molecule has 0 fully saturated rings. The van der Waals surface area contributed by atoms with Crippen molar-refractivity contribution in [2.45, 2.75) is 19.8 Å². The number of rotatable bonds is 7. The lowest BCUT2D eigenvalue weighted by molar-refractivity contribution is 0.107. The first kappa shape index (κ1) is 16.1. The summed E-state index contributed by atoms with van der Waals surface area (Å²) in [5.74, 6) is 0.816. The molecule has 0 aliphatic carbocycles. The van der Waals surface area contributed by atoms with Gasteiger partial charge in [0.15, 0.2) is 0 Å². The maximum absolute atomic E-state index is 9.87. The van der Waals surface area contributed by atoms with E-state index in [1.165, 1.54) is 0 Å². The molecule has 0 saturated heterocycles. The number of aromatic hydroxyl groups is 1. The van der Waals surface area contributed by atoms with E-state index in [4.69, 9.17) is 9.47 Å². The number of ether oxygens (including phenoxy) is 2. The molecule has 3 nitrogen and oxygen atoms in total. The molecule has 3 rings (SSSR count). The summed E-state index contributed by atoms with van der Waals surface area (Å²) >= 11 is 0. The minimum Gasteiger partial charge on any atom is -0.508 e. The third-order valence-corrected chi connectivity index (χ3v) is 3.58. The van der Waals surface area contributed by atoms with Crippen molar-refractivity contribution < 1.29 is 14.6 Å². The van der Waals surface area contributed by atoms with E-state index in [0.717, 1.165) is 16.7 Å². The van der Waals surface area contributed by atoms with Crippen LogP contribution in [0.1, 0.15) is 16.7 Å². The van der Waals surface area contributed by atoms with Gasteiger partial charge in [0.2, 0.25) is 0 Å². The largest absolute Gasteiger partial charge is 0.508 e. The van der Waals surface area contributed by atoms with Gasteiger partial charge < -0.3 is 14.6 Å². The molecule has 1 N–H and O–H groups in total. The summed E-state index contributed by atoms with van der Waals surface area (Å²) in [5.41, 5.74) is 3.09. The summed E-state index contributed by atoms with van der Waals surface area (Å²) in [4.78, 5) is 0. The van der Waals surface area contributed by atoms with Crippen LogP contribution in [0.4, 0.5) is 0 Å². The third-order valence-electron chi connectivity index (χ3n) is 3.58. The summed E-state index contributed by atoms with van der Waals surface area (Å²) in [7, 11) is 0. The molecule has 0 amide bonds. The van der Waals surface area contributed by atoms with Crippen LogP contribution in [0.25, 0.3) is 0 Å². The molecule has 0 unspecified atom stereocenters. The first-order chi connectivity index (χ1) is 11.8. The van der Waals surface area contributed by atoms with Crippen LogP contribution in [-0.2, 0) is 24.6 Å². The Morgan fingerprint density at radius 2 is 1.21 bits per heavy atom. The molecule has 24 heavy (non-hydrogen) atoms. The smallest absolute Gasteiger partial charge is 0.123 e. The molecule has 3 heteroatoms. The van der Waals surface area contributed by atoms with Crippen LogP contribution >= 0.6 is 0 Å². The summed E-state index contributed by atoms with van der Waals surface area (Å²) < 4.78 is 11.5. The second-order valence-corrected chi connectivity index (χ2v) is 5.59. The Morgan fingerprint density at radius 3 is 1.88 bits per heavy atom. The highest BCUT2D eigenvalue weighted by Gasteiger charge is 2.03. The highest BCUT2D eigenvalue weighted by Crippen LogP contribution is 2.23. The van der Waals surface area contributed by atoms with Gasteiger partial charge in [-0.1, -0.05) is 60.7 Å². The molecule has 0 radical (unpaired) electrons. The Hall–Kier alpha value is -2.78. The lowest BCUT2D eigenvalue weighted by Crippen LogP contribution is -1.97. The topological polar surface area (TPSA) is 38.7 Å². The first-order valence-electron chi connectivity index (χ1n) is 7.91. The summed E-state index contributed by atoms with van der Waals surface area (Å²) in [6, 6.07) is 25.2. The highest BCUT2D eigenvalue weighted by molar-refractivity contribution is 5.37. The zero-order valence-corrected chi connectivity index (χ0v) is 13.4. The maximum Gasteiger partial charge on any atom is 0.123 e. The molecular weight excluding hydrogens is 300 g/mol. The van der Waals surface area contributed by atoms with Crippen molar-refractivity contribution in [2.24, 2.45) is 0 Å². The van der Waals surface area contributed by atoms with E-state index in [9.17, 15) is 5.11 Å². The normalized spacial score (nSPS) is 10.5. The van der Waals surface area contributed by atoms with E-state index < -0.39 is 0 Å². The summed E-state index contributed by atoms with van der Waals surface area (Å²) in [6.45, 7) is 1.43. The monoisotopic (exact) mass is 320 g/mol. The fourth-order valence-corrected chi connectivity index (χ4v) is 2.41. The minimum atomic E-state index is 0.180. The van der Waals surface area contributed by atoms with Crippen LogP contribution in [0.3, 0.4) is 0 Å². The quantitative estimate of drug-likeness (QED) is 0.686. The molecule has 3 aromatic rings. The lowest BCUT2D eigenvalue weighted by Gasteiger charge is -2.10. The Labute approximate surface area is 142 Å². The molecule has 0 saturated carbocycles. The summed E-state index contributed by atoms with van der Waals surface area (Å²) in [5, 5.41) is 9.87. The van der Waals surface area contributed by atoms with Crippen LogP contribution < -0.4 is 4.74 Å². The molecule has 0 aromatic heterocycles. The zero-order chi connectivity index (χ0) is 16.6. The van der Waals surface area contributed by atoms with E-state index in [-0.39, 0.29) is 5.75 Å². The van der Waals surface area contributed by atoms with Gasteiger partial charge in [-0.05, 0) is 28.8 Å². The molecule has 3 aromatic carbocycles. The summed E-state index contributed by atoms with van der Waals surface area (Å²) in [6.07, 6.45) is 0.